The maximum Gasteiger partial charge on any atom is 0.331 e. The average molecular weight is 286 g/mol. The van der Waals surface area contributed by atoms with E-state index >= 15 is 0 Å². The molecule has 1 rings (SSSR count). The molecule has 0 aromatic heterocycles. The van der Waals surface area contributed by atoms with E-state index in [1.807, 2.05) is 18.2 Å². The van der Waals surface area contributed by atoms with E-state index in [-0.39, 0.29) is 0 Å². The lowest BCUT2D eigenvalue weighted by molar-refractivity contribution is -0.134. The Bertz CT molecular complexity index is 404. The Morgan fingerprint density at radius 3 is 2.75 bits per heavy atom. The summed E-state index contributed by atoms with van der Waals surface area (Å²) in [6.07, 6.45) is 2.82. The molecule has 0 aliphatic carbocycles. The average Bonchev–Trinajstić information content (AvgIpc) is 2.29. The van der Waals surface area contributed by atoms with Gasteiger partial charge in [-0.1, -0.05) is 0 Å². The number of hydrogen-bond acceptors (Lipinski definition) is 4. The molecule has 0 amide bonds. The third kappa shape index (κ3) is 3.58. The summed E-state index contributed by atoms with van der Waals surface area (Å²) in [6.45, 7) is 0. The second-order valence-electron chi connectivity index (χ2n) is 2.85. The monoisotopic (exact) mass is 285 g/mol. The number of benzene rings is 1. The van der Waals surface area contributed by atoms with Crippen LogP contribution in [0.5, 0.6) is 5.75 Å². The van der Waals surface area contributed by atoms with Crippen LogP contribution in [0.4, 0.5) is 5.69 Å². The fraction of sp³-hybridized carbons (Fsp3) is 0.182. The maximum absolute atomic E-state index is 10.8. The van der Waals surface area contributed by atoms with Gasteiger partial charge in [0.1, 0.15) is 5.75 Å². The molecule has 1 aromatic carbocycles. The number of carbonyl (C=O) groups excluding carboxylic acids is 1. The third-order valence-electron chi connectivity index (χ3n) is 1.82. The van der Waals surface area contributed by atoms with Crippen molar-refractivity contribution in [2.75, 3.05) is 19.5 Å². The van der Waals surface area contributed by atoms with Crippen molar-refractivity contribution < 1.29 is 14.3 Å². The maximum atomic E-state index is 10.8. The van der Waals surface area contributed by atoms with Crippen LogP contribution in [0.2, 0.25) is 0 Å². The van der Waals surface area contributed by atoms with Crippen molar-refractivity contribution in [2.24, 2.45) is 0 Å². The summed E-state index contributed by atoms with van der Waals surface area (Å²) in [5.74, 6) is 0.350. The summed E-state index contributed by atoms with van der Waals surface area (Å²) in [7, 11) is 2.93. The summed E-state index contributed by atoms with van der Waals surface area (Å²) in [5, 5.41) is 2.94. The number of esters is 1. The van der Waals surface area contributed by atoms with E-state index in [0.29, 0.717) is 0 Å². The molecule has 0 saturated heterocycles. The minimum absolute atomic E-state index is 0.403. The number of halogens is 1. The number of rotatable bonds is 4. The van der Waals surface area contributed by atoms with Crippen LogP contribution >= 0.6 is 15.9 Å². The fourth-order valence-electron chi connectivity index (χ4n) is 1.03. The SMILES string of the molecule is COC(=O)/C=C/Nc1ccc(OC)c(Br)c1. The molecule has 0 aliphatic heterocycles. The van der Waals surface area contributed by atoms with Crippen molar-refractivity contribution in [3.8, 4) is 5.75 Å². The highest BCUT2D eigenvalue weighted by Crippen LogP contribution is 2.27. The van der Waals surface area contributed by atoms with Crippen molar-refractivity contribution in [2.45, 2.75) is 0 Å². The van der Waals surface area contributed by atoms with E-state index in [1.54, 1.807) is 7.11 Å². The van der Waals surface area contributed by atoms with Gasteiger partial charge in [-0.3, -0.25) is 0 Å². The number of ether oxygens (including phenoxy) is 2. The van der Waals surface area contributed by atoms with Crippen molar-refractivity contribution in [3.05, 3.63) is 34.9 Å². The smallest absolute Gasteiger partial charge is 0.331 e. The fourth-order valence-corrected chi connectivity index (χ4v) is 1.57. The minimum atomic E-state index is -0.403. The molecule has 0 saturated carbocycles. The van der Waals surface area contributed by atoms with Gasteiger partial charge in [0.25, 0.3) is 0 Å². The van der Waals surface area contributed by atoms with Crippen molar-refractivity contribution in [3.63, 3.8) is 0 Å². The largest absolute Gasteiger partial charge is 0.496 e. The molecule has 86 valence electrons. The van der Waals surface area contributed by atoms with Gasteiger partial charge < -0.3 is 14.8 Å². The van der Waals surface area contributed by atoms with Gasteiger partial charge in [0, 0.05) is 18.0 Å². The van der Waals surface area contributed by atoms with Crippen molar-refractivity contribution in [1.29, 1.82) is 0 Å². The van der Waals surface area contributed by atoms with Crippen molar-refractivity contribution in [1.82, 2.24) is 0 Å². The van der Waals surface area contributed by atoms with Crippen LogP contribution in [0.25, 0.3) is 0 Å². The van der Waals surface area contributed by atoms with E-state index in [2.05, 4.69) is 26.0 Å². The van der Waals surface area contributed by atoms with E-state index in [1.165, 1.54) is 19.4 Å². The molecule has 0 atom stereocenters. The van der Waals surface area contributed by atoms with Crippen LogP contribution in [0, 0.1) is 0 Å². The number of methoxy groups -OCH3 is 2. The number of hydrogen-bond donors (Lipinski definition) is 1. The highest BCUT2D eigenvalue weighted by atomic mass is 79.9. The predicted molar refractivity (Wildman–Crippen MR) is 65.5 cm³/mol. The second kappa shape index (κ2) is 6.17. The summed E-state index contributed by atoms with van der Waals surface area (Å²) in [6, 6.07) is 5.50. The number of carbonyl (C=O) groups is 1. The highest BCUT2D eigenvalue weighted by molar-refractivity contribution is 9.10. The molecule has 1 N–H and O–H groups in total. The van der Waals surface area contributed by atoms with Gasteiger partial charge in [0.2, 0.25) is 0 Å². The van der Waals surface area contributed by atoms with Crippen LogP contribution in [0.15, 0.2) is 34.9 Å². The van der Waals surface area contributed by atoms with Crippen LogP contribution in [-0.2, 0) is 9.53 Å². The van der Waals surface area contributed by atoms with Crippen LogP contribution in [0.1, 0.15) is 0 Å². The molecule has 1 aromatic rings. The summed E-state index contributed by atoms with van der Waals surface area (Å²) < 4.78 is 10.4. The zero-order valence-electron chi connectivity index (χ0n) is 8.99. The Morgan fingerprint density at radius 2 is 2.19 bits per heavy atom. The lowest BCUT2D eigenvalue weighted by Crippen LogP contribution is -1.96. The molecular weight excluding hydrogens is 274 g/mol. The third-order valence-corrected chi connectivity index (χ3v) is 2.44. The van der Waals surface area contributed by atoms with Gasteiger partial charge in [0.15, 0.2) is 0 Å². The first-order valence-electron chi connectivity index (χ1n) is 4.52. The van der Waals surface area contributed by atoms with E-state index in [4.69, 9.17) is 4.74 Å². The van der Waals surface area contributed by atoms with Crippen molar-refractivity contribution >= 4 is 27.6 Å². The molecule has 0 fully saturated rings. The molecule has 4 nitrogen and oxygen atoms in total. The highest BCUT2D eigenvalue weighted by Gasteiger charge is 1.99. The van der Waals surface area contributed by atoms with Gasteiger partial charge in [-0.2, -0.15) is 0 Å². The standard InChI is InChI=1S/C11H12BrNO3/c1-15-10-4-3-8(7-9(10)12)13-6-5-11(14)16-2/h3-7,13H,1-2H3/b6-5+. The molecule has 16 heavy (non-hydrogen) atoms. The minimum Gasteiger partial charge on any atom is -0.496 e. The first-order valence-corrected chi connectivity index (χ1v) is 5.31. The molecule has 0 radical (unpaired) electrons. The normalized spacial score (nSPS) is 10.2. The first kappa shape index (κ1) is 12.6. The van der Waals surface area contributed by atoms with Gasteiger partial charge in [-0.25, -0.2) is 4.79 Å². The Morgan fingerprint density at radius 1 is 1.44 bits per heavy atom. The Labute approximate surface area is 102 Å². The van der Waals surface area contributed by atoms with Gasteiger partial charge in [-0.05, 0) is 34.1 Å². The topological polar surface area (TPSA) is 47.6 Å². The van der Waals surface area contributed by atoms with Crippen LogP contribution in [-0.4, -0.2) is 20.2 Å². The molecule has 0 spiro atoms. The number of nitrogens with one attached hydrogen (secondary N) is 1. The molecule has 5 heteroatoms. The molecule has 0 bridgehead atoms. The van der Waals surface area contributed by atoms with E-state index < -0.39 is 5.97 Å². The molecule has 0 unspecified atom stereocenters. The lowest BCUT2D eigenvalue weighted by atomic mass is 10.3. The predicted octanol–water partition coefficient (Wildman–Crippen LogP) is 2.56. The zero-order valence-corrected chi connectivity index (χ0v) is 10.6. The van der Waals surface area contributed by atoms with Crippen LogP contribution < -0.4 is 10.1 Å². The molecular formula is C11H12BrNO3. The number of anilines is 1. The first-order chi connectivity index (χ1) is 7.67. The Kier molecular flexibility index (Phi) is 4.85. The lowest BCUT2D eigenvalue weighted by Gasteiger charge is -2.05. The zero-order chi connectivity index (χ0) is 12.0. The summed E-state index contributed by atoms with van der Waals surface area (Å²) in [5.41, 5.74) is 0.841. The summed E-state index contributed by atoms with van der Waals surface area (Å²) >= 11 is 3.36. The molecule has 0 heterocycles. The van der Waals surface area contributed by atoms with Crippen LogP contribution in [0.3, 0.4) is 0 Å². The second-order valence-corrected chi connectivity index (χ2v) is 3.70. The van der Waals surface area contributed by atoms with Gasteiger partial charge >= 0.3 is 5.97 Å². The van der Waals surface area contributed by atoms with Gasteiger partial charge in [-0.15, -0.1) is 0 Å². The summed E-state index contributed by atoms with van der Waals surface area (Å²) in [4.78, 5) is 10.8. The molecule has 0 aliphatic rings. The Balaban J connectivity index is 2.65. The Hall–Kier alpha value is -1.49. The van der Waals surface area contributed by atoms with E-state index in [9.17, 15) is 4.79 Å². The van der Waals surface area contributed by atoms with E-state index in [0.717, 1.165) is 15.9 Å². The quantitative estimate of drug-likeness (QED) is 0.682. The van der Waals surface area contributed by atoms with Gasteiger partial charge in [0.05, 0.1) is 18.7 Å².